The predicted molar refractivity (Wildman–Crippen MR) is 47.0 cm³/mol. The minimum Gasteiger partial charge on any atom is -0.382 e. The number of nitrogen functional groups attached to an aromatic ring is 2. The van der Waals surface area contributed by atoms with Crippen LogP contribution >= 0.6 is 0 Å². The summed E-state index contributed by atoms with van der Waals surface area (Å²) in [4.78, 5) is 6.84. The van der Waals surface area contributed by atoms with Gasteiger partial charge in [0.15, 0.2) is 0 Å². The Morgan fingerprint density at radius 3 is 2.15 bits per heavy atom. The first-order chi connectivity index (χ1) is 5.82. The van der Waals surface area contributed by atoms with E-state index in [-0.39, 0.29) is 22.4 Å². The largest absolute Gasteiger partial charge is 0.382 e. The number of anilines is 2. The van der Waals surface area contributed by atoms with E-state index in [1.54, 1.807) is 0 Å². The molecule has 0 spiro atoms. The summed E-state index contributed by atoms with van der Waals surface area (Å²) in [6.45, 7) is 1.44. The van der Waals surface area contributed by atoms with Crippen molar-refractivity contribution < 1.29 is 8.42 Å². The molecule has 0 amide bonds. The lowest BCUT2D eigenvalue weighted by atomic mass is 10.4. The number of nitrogens with two attached hydrogens (primary N) is 3. The third-order valence-electron chi connectivity index (χ3n) is 1.36. The van der Waals surface area contributed by atoms with E-state index in [0.29, 0.717) is 0 Å². The van der Waals surface area contributed by atoms with Gasteiger partial charge in [-0.05, 0) is 6.92 Å². The molecular formula is C5H9N5O2S. The predicted octanol–water partition coefficient (Wildman–Crippen LogP) is -1.40. The first-order valence-electron chi connectivity index (χ1n) is 3.24. The van der Waals surface area contributed by atoms with Crippen molar-refractivity contribution in [2.24, 2.45) is 5.14 Å². The Morgan fingerprint density at radius 1 is 1.23 bits per heavy atom. The van der Waals surface area contributed by atoms with Crippen LogP contribution in [0.4, 0.5) is 11.8 Å². The van der Waals surface area contributed by atoms with Crippen LogP contribution in [-0.2, 0) is 10.0 Å². The molecule has 0 saturated carbocycles. The van der Waals surface area contributed by atoms with Crippen molar-refractivity contribution in [1.29, 1.82) is 0 Å². The molecule has 6 N–H and O–H groups in total. The van der Waals surface area contributed by atoms with E-state index in [1.807, 2.05) is 0 Å². The molecule has 7 nitrogen and oxygen atoms in total. The molecule has 0 aromatic carbocycles. The number of sulfonamides is 1. The number of aromatic nitrogens is 2. The Labute approximate surface area is 75.0 Å². The summed E-state index contributed by atoms with van der Waals surface area (Å²) in [5.41, 5.74) is 10.7. The number of aryl methyl sites for hydroxylation is 1. The zero-order valence-corrected chi connectivity index (χ0v) is 7.67. The summed E-state index contributed by atoms with van der Waals surface area (Å²) < 4.78 is 21.9. The highest BCUT2D eigenvalue weighted by molar-refractivity contribution is 7.89. The second-order valence-corrected chi connectivity index (χ2v) is 3.92. The molecular weight excluding hydrogens is 194 g/mol. The molecule has 1 heterocycles. The molecule has 72 valence electrons. The molecule has 1 aromatic heterocycles. The lowest BCUT2D eigenvalue weighted by Gasteiger charge is -2.05. The molecule has 0 bridgehead atoms. The molecule has 1 aromatic rings. The van der Waals surface area contributed by atoms with Crippen molar-refractivity contribution in [3.63, 3.8) is 0 Å². The molecule has 0 aliphatic rings. The van der Waals surface area contributed by atoms with Gasteiger partial charge in [0.1, 0.15) is 10.7 Å². The fraction of sp³-hybridized carbons (Fsp3) is 0.200. The van der Waals surface area contributed by atoms with E-state index in [4.69, 9.17) is 16.6 Å². The lowest BCUT2D eigenvalue weighted by molar-refractivity contribution is 0.596. The van der Waals surface area contributed by atoms with Crippen LogP contribution < -0.4 is 16.6 Å². The van der Waals surface area contributed by atoms with Gasteiger partial charge < -0.3 is 11.5 Å². The average Bonchev–Trinajstić information content (AvgIpc) is 1.78. The summed E-state index contributed by atoms with van der Waals surface area (Å²) in [7, 11) is -3.89. The van der Waals surface area contributed by atoms with Crippen LogP contribution in [0.25, 0.3) is 0 Å². The molecule has 1 rings (SSSR count). The Kier molecular flexibility index (Phi) is 2.10. The van der Waals surface area contributed by atoms with E-state index in [0.717, 1.165) is 0 Å². The second-order valence-electron chi connectivity index (χ2n) is 2.43. The van der Waals surface area contributed by atoms with E-state index in [1.165, 1.54) is 6.92 Å². The van der Waals surface area contributed by atoms with Gasteiger partial charge in [0.25, 0.3) is 0 Å². The lowest BCUT2D eigenvalue weighted by Crippen LogP contribution is -2.18. The summed E-state index contributed by atoms with van der Waals surface area (Å²) in [6, 6.07) is 0. The van der Waals surface area contributed by atoms with Crippen LogP contribution in [0.3, 0.4) is 0 Å². The fourth-order valence-corrected chi connectivity index (χ4v) is 1.75. The van der Waals surface area contributed by atoms with Crippen LogP contribution in [0.15, 0.2) is 4.90 Å². The summed E-state index contributed by atoms with van der Waals surface area (Å²) in [5.74, 6) is -0.310. The van der Waals surface area contributed by atoms with E-state index in [2.05, 4.69) is 9.97 Å². The van der Waals surface area contributed by atoms with Crippen molar-refractivity contribution in [2.45, 2.75) is 11.8 Å². The molecule has 0 saturated heterocycles. The highest BCUT2D eigenvalue weighted by Crippen LogP contribution is 2.17. The van der Waals surface area contributed by atoms with Crippen molar-refractivity contribution >= 4 is 21.8 Å². The average molecular weight is 203 g/mol. The maximum Gasteiger partial charge on any atom is 0.243 e. The van der Waals surface area contributed by atoms with E-state index < -0.39 is 10.0 Å². The molecule has 13 heavy (non-hydrogen) atoms. The molecule has 0 radical (unpaired) electrons. The molecule has 0 atom stereocenters. The minimum atomic E-state index is -3.89. The monoisotopic (exact) mass is 203 g/mol. The zero-order valence-electron chi connectivity index (χ0n) is 6.85. The van der Waals surface area contributed by atoms with E-state index >= 15 is 0 Å². The third-order valence-corrected chi connectivity index (χ3v) is 2.44. The topological polar surface area (TPSA) is 138 Å². The smallest absolute Gasteiger partial charge is 0.243 e. The Morgan fingerprint density at radius 2 is 1.77 bits per heavy atom. The summed E-state index contributed by atoms with van der Waals surface area (Å²) in [6.07, 6.45) is 0. The SMILES string of the molecule is Cc1nc(N)nc(N)c1S(N)(=O)=O. The Balaban J connectivity index is 3.57. The first kappa shape index (κ1) is 9.68. The standard InChI is InChI=1S/C5H9N5O2S/c1-2-3(13(8,11)12)4(6)10-5(7)9-2/h1H3,(H2,8,11,12)(H4,6,7,9,10). The summed E-state index contributed by atoms with van der Waals surface area (Å²) >= 11 is 0. The zero-order chi connectivity index (χ0) is 10.2. The van der Waals surface area contributed by atoms with Crippen LogP contribution in [0.5, 0.6) is 0 Å². The van der Waals surface area contributed by atoms with Crippen molar-refractivity contribution in [1.82, 2.24) is 9.97 Å². The number of hydrogen-bond donors (Lipinski definition) is 3. The quantitative estimate of drug-likeness (QED) is 0.513. The third kappa shape index (κ3) is 1.84. The number of hydrogen-bond acceptors (Lipinski definition) is 6. The van der Waals surface area contributed by atoms with Crippen LogP contribution in [0.2, 0.25) is 0 Å². The maximum atomic E-state index is 11.0. The minimum absolute atomic E-state index is 0.0811. The van der Waals surface area contributed by atoms with Crippen molar-refractivity contribution in [2.75, 3.05) is 11.5 Å². The highest BCUT2D eigenvalue weighted by atomic mass is 32.2. The molecule has 0 aliphatic heterocycles. The molecule has 8 heteroatoms. The molecule has 0 unspecified atom stereocenters. The van der Waals surface area contributed by atoms with Gasteiger partial charge in [-0.15, -0.1) is 0 Å². The first-order valence-corrected chi connectivity index (χ1v) is 4.79. The Bertz CT molecular complexity index is 417. The second kappa shape index (κ2) is 2.82. The van der Waals surface area contributed by atoms with Gasteiger partial charge in [0.05, 0.1) is 5.69 Å². The van der Waals surface area contributed by atoms with Crippen LogP contribution in [0, 0.1) is 6.92 Å². The van der Waals surface area contributed by atoms with Gasteiger partial charge >= 0.3 is 0 Å². The number of primary sulfonamides is 1. The van der Waals surface area contributed by atoms with E-state index in [9.17, 15) is 8.42 Å². The van der Waals surface area contributed by atoms with Gasteiger partial charge in [-0.25, -0.2) is 18.5 Å². The molecule has 0 aliphatic carbocycles. The van der Waals surface area contributed by atoms with Gasteiger partial charge in [0, 0.05) is 0 Å². The number of nitrogens with zero attached hydrogens (tertiary/aromatic N) is 2. The maximum absolute atomic E-state index is 11.0. The van der Waals surface area contributed by atoms with Crippen LogP contribution in [-0.4, -0.2) is 18.4 Å². The van der Waals surface area contributed by atoms with Gasteiger partial charge in [-0.1, -0.05) is 0 Å². The van der Waals surface area contributed by atoms with Crippen molar-refractivity contribution in [3.05, 3.63) is 5.69 Å². The highest BCUT2D eigenvalue weighted by Gasteiger charge is 2.18. The number of rotatable bonds is 1. The van der Waals surface area contributed by atoms with Gasteiger partial charge in [-0.2, -0.15) is 4.98 Å². The molecule has 0 fully saturated rings. The normalized spacial score (nSPS) is 11.5. The van der Waals surface area contributed by atoms with Gasteiger partial charge in [-0.3, -0.25) is 0 Å². The fourth-order valence-electron chi connectivity index (χ4n) is 0.959. The van der Waals surface area contributed by atoms with Crippen LogP contribution in [0.1, 0.15) is 5.69 Å². The summed E-state index contributed by atoms with van der Waals surface area (Å²) in [5, 5.41) is 4.88. The van der Waals surface area contributed by atoms with Gasteiger partial charge in [0.2, 0.25) is 16.0 Å². The van der Waals surface area contributed by atoms with Crippen molar-refractivity contribution in [3.8, 4) is 0 Å². The Hall–Kier alpha value is -1.41.